The Morgan fingerprint density at radius 1 is 1.11 bits per heavy atom. The lowest BCUT2D eigenvalue weighted by Gasteiger charge is -2.22. The van der Waals surface area contributed by atoms with Crippen molar-refractivity contribution >= 4 is 21.7 Å². The first-order chi connectivity index (χ1) is 13.2. The predicted molar refractivity (Wildman–Crippen MR) is 94.0 cm³/mol. The maximum atomic E-state index is 12.6. The third kappa shape index (κ3) is 4.44. The van der Waals surface area contributed by atoms with E-state index in [0.29, 0.717) is 13.0 Å². The zero-order valence-electron chi connectivity index (χ0n) is 14.6. The molecule has 28 heavy (non-hydrogen) atoms. The van der Waals surface area contributed by atoms with Crippen molar-refractivity contribution in [3.05, 3.63) is 42.4 Å². The summed E-state index contributed by atoms with van der Waals surface area (Å²) in [4.78, 5) is 20.1. The molecule has 12 heteroatoms. The van der Waals surface area contributed by atoms with Gasteiger partial charge in [0.25, 0.3) is 10.0 Å². The van der Waals surface area contributed by atoms with Crippen LogP contribution in [0.5, 0.6) is 0 Å². The maximum absolute atomic E-state index is 12.6. The van der Waals surface area contributed by atoms with E-state index in [1.165, 1.54) is 33.9 Å². The number of urea groups is 1. The molecule has 0 saturated carbocycles. The molecule has 0 bridgehead atoms. The first kappa shape index (κ1) is 20.1. The Kier molecular flexibility index (Phi) is 5.61. The van der Waals surface area contributed by atoms with Crippen LogP contribution < -0.4 is 5.32 Å². The van der Waals surface area contributed by atoms with Crippen LogP contribution in [0.3, 0.4) is 0 Å². The highest BCUT2D eigenvalue weighted by Crippen LogP contribution is 2.29. The summed E-state index contributed by atoms with van der Waals surface area (Å²) in [5, 5.41) is 2.52. The molecule has 152 valence electrons. The van der Waals surface area contributed by atoms with Gasteiger partial charge in [0.2, 0.25) is 0 Å². The summed E-state index contributed by atoms with van der Waals surface area (Å²) in [5.41, 5.74) is -0.580. The van der Waals surface area contributed by atoms with Crippen molar-refractivity contribution in [2.24, 2.45) is 0 Å². The van der Waals surface area contributed by atoms with E-state index in [1.54, 1.807) is 0 Å². The lowest BCUT2D eigenvalue weighted by atomic mass is 10.2. The average molecular weight is 417 g/mol. The van der Waals surface area contributed by atoms with Crippen LogP contribution in [-0.4, -0.2) is 59.8 Å². The van der Waals surface area contributed by atoms with Crippen LogP contribution in [0.15, 0.2) is 41.8 Å². The largest absolute Gasteiger partial charge is 0.416 e. The molecular formula is C16H18F3N5O3S. The summed E-state index contributed by atoms with van der Waals surface area (Å²) >= 11 is 0. The first-order valence-electron chi connectivity index (χ1n) is 8.39. The zero-order valence-corrected chi connectivity index (χ0v) is 15.4. The van der Waals surface area contributed by atoms with Crippen LogP contribution in [-0.2, 0) is 16.2 Å². The number of imidazole rings is 1. The van der Waals surface area contributed by atoms with Gasteiger partial charge in [0.05, 0.1) is 18.1 Å². The van der Waals surface area contributed by atoms with Gasteiger partial charge in [-0.3, -0.25) is 0 Å². The van der Waals surface area contributed by atoms with Crippen molar-refractivity contribution in [3.63, 3.8) is 0 Å². The molecule has 1 aliphatic rings. The number of carbonyl (C=O) groups is 1. The number of H-pyrrole nitrogens is 1. The molecule has 0 atom stereocenters. The number of nitrogens with one attached hydrogen (secondary N) is 2. The summed E-state index contributed by atoms with van der Waals surface area (Å²) in [6, 6.07) is 3.62. The molecule has 2 heterocycles. The van der Waals surface area contributed by atoms with Gasteiger partial charge in [-0.05, 0) is 30.7 Å². The number of benzene rings is 1. The van der Waals surface area contributed by atoms with E-state index in [9.17, 15) is 26.4 Å². The Bertz CT molecular complexity index is 914. The average Bonchev–Trinajstić information content (AvgIpc) is 3.06. The second-order valence-corrected chi connectivity index (χ2v) is 8.07. The SMILES string of the molecule is O=C(Nc1ccc(C(F)(F)F)cc1)N1CCCN(S(=O)(=O)c2cnc[nH]2)CC1. The number of halogens is 3. The summed E-state index contributed by atoms with van der Waals surface area (Å²) in [6.07, 6.45) is -1.53. The van der Waals surface area contributed by atoms with Crippen molar-refractivity contribution in [2.75, 3.05) is 31.5 Å². The van der Waals surface area contributed by atoms with Crippen molar-refractivity contribution in [3.8, 4) is 0 Å². The van der Waals surface area contributed by atoms with Gasteiger partial charge < -0.3 is 15.2 Å². The molecule has 0 radical (unpaired) electrons. The molecule has 0 spiro atoms. The Morgan fingerprint density at radius 3 is 2.43 bits per heavy atom. The number of amides is 2. The van der Waals surface area contributed by atoms with E-state index in [0.717, 1.165) is 12.1 Å². The van der Waals surface area contributed by atoms with Gasteiger partial charge in [-0.2, -0.15) is 17.5 Å². The maximum Gasteiger partial charge on any atom is 0.416 e. The minimum atomic E-state index is -4.45. The minimum absolute atomic E-state index is 0.0184. The van der Waals surface area contributed by atoms with Crippen LogP contribution in [0, 0.1) is 0 Å². The Morgan fingerprint density at radius 2 is 1.82 bits per heavy atom. The molecule has 1 saturated heterocycles. The van der Waals surface area contributed by atoms with E-state index in [1.807, 2.05) is 0 Å². The van der Waals surface area contributed by atoms with Gasteiger partial charge in [0, 0.05) is 31.9 Å². The van der Waals surface area contributed by atoms with E-state index in [4.69, 9.17) is 0 Å². The molecule has 1 fully saturated rings. The number of hydrogen-bond acceptors (Lipinski definition) is 4. The van der Waals surface area contributed by atoms with E-state index >= 15 is 0 Å². The molecule has 1 aromatic carbocycles. The zero-order chi connectivity index (χ0) is 20.4. The Labute approximate surface area is 159 Å². The summed E-state index contributed by atoms with van der Waals surface area (Å²) in [5.74, 6) is 0. The second-order valence-electron chi connectivity index (χ2n) is 6.17. The van der Waals surface area contributed by atoms with Crippen LogP contribution in [0.1, 0.15) is 12.0 Å². The number of aromatic nitrogens is 2. The molecule has 2 N–H and O–H groups in total. The number of hydrogen-bond donors (Lipinski definition) is 2. The van der Waals surface area contributed by atoms with E-state index < -0.39 is 27.8 Å². The molecule has 2 amide bonds. The van der Waals surface area contributed by atoms with Crippen molar-refractivity contribution in [2.45, 2.75) is 17.6 Å². The molecule has 1 aromatic heterocycles. The number of alkyl halides is 3. The minimum Gasteiger partial charge on any atom is -0.335 e. The van der Waals surface area contributed by atoms with Gasteiger partial charge >= 0.3 is 12.2 Å². The number of nitrogens with zero attached hydrogens (tertiary/aromatic N) is 3. The molecule has 8 nitrogen and oxygen atoms in total. The number of sulfonamides is 1. The van der Waals surface area contributed by atoms with Gasteiger partial charge in [0.15, 0.2) is 5.03 Å². The summed E-state index contributed by atoms with van der Waals surface area (Å²) in [6.45, 7) is 0.814. The number of rotatable bonds is 3. The molecule has 2 aromatic rings. The van der Waals surface area contributed by atoms with Crippen LogP contribution >= 0.6 is 0 Å². The third-order valence-corrected chi connectivity index (χ3v) is 6.12. The van der Waals surface area contributed by atoms with Crippen LogP contribution in [0.4, 0.5) is 23.7 Å². The van der Waals surface area contributed by atoms with Crippen LogP contribution in [0.2, 0.25) is 0 Å². The highest BCUT2D eigenvalue weighted by atomic mass is 32.2. The van der Waals surface area contributed by atoms with E-state index in [-0.39, 0.29) is 30.3 Å². The van der Waals surface area contributed by atoms with Gasteiger partial charge in [-0.15, -0.1) is 0 Å². The van der Waals surface area contributed by atoms with Crippen molar-refractivity contribution < 1.29 is 26.4 Å². The van der Waals surface area contributed by atoms with Crippen molar-refractivity contribution in [1.82, 2.24) is 19.2 Å². The van der Waals surface area contributed by atoms with Crippen molar-refractivity contribution in [1.29, 1.82) is 0 Å². The highest BCUT2D eigenvalue weighted by Gasteiger charge is 2.31. The summed E-state index contributed by atoms with van der Waals surface area (Å²) in [7, 11) is -3.72. The molecule has 3 rings (SSSR count). The molecular weight excluding hydrogens is 399 g/mol. The van der Waals surface area contributed by atoms with Gasteiger partial charge in [-0.1, -0.05) is 0 Å². The fourth-order valence-electron chi connectivity index (χ4n) is 2.81. The predicted octanol–water partition coefficient (Wildman–Crippen LogP) is 2.36. The normalized spacial score (nSPS) is 16.6. The highest BCUT2D eigenvalue weighted by molar-refractivity contribution is 7.89. The number of carbonyl (C=O) groups excluding carboxylic acids is 1. The quantitative estimate of drug-likeness (QED) is 0.801. The smallest absolute Gasteiger partial charge is 0.335 e. The third-order valence-electron chi connectivity index (χ3n) is 4.30. The van der Waals surface area contributed by atoms with Gasteiger partial charge in [0.1, 0.15) is 0 Å². The topological polar surface area (TPSA) is 98.4 Å². The monoisotopic (exact) mass is 417 g/mol. The lowest BCUT2D eigenvalue weighted by molar-refractivity contribution is -0.137. The fourth-order valence-corrected chi connectivity index (χ4v) is 4.17. The fraction of sp³-hybridized carbons (Fsp3) is 0.375. The second kappa shape index (κ2) is 7.80. The lowest BCUT2D eigenvalue weighted by Crippen LogP contribution is -2.39. The molecule has 1 aliphatic heterocycles. The molecule has 0 aliphatic carbocycles. The summed E-state index contributed by atoms with van der Waals surface area (Å²) < 4.78 is 64.1. The van der Waals surface area contributed by atoms with E-state index in [2.05, 4.69) is 15.3 Å². The number of aromatic amines is 1. The molecule has 0 unspecified atom stereocenters. The van der Waals surface area contributed by atoms with Gasteiger partial charge in [-0.25, -0.2) is 18.2 Å². The standard InChI is InChI=1S/C16H18F3N5O3S/c17-16(18,19)12-2-4-13(5-3-12)22-15(25)23-6-1-7-24(9-8-23)28(26,27)14-10-20-11-21-14/h2-5,10-11H,1,6-9H2,(H,20,21)(H,22,25). The first-order valence-corrected chi connectivity index (χ1v) is 9.83. The van der Waals surface area contributed by atoms with Crippen LogP contribution in [0.25, 0.3) is 0 Å². The number of anilines is 1. The Balaban J connectivity index is 1.61. The Hall–Kier alpha value is -2.60.